The fraction of sp³-hybridized carbons (Fsp3) is 0.286. The maximum absolute atomic E-state index is 13.4. The van der Waals surface area contributed by atoms with Crippen LogP contribution in [0.2, 0.25) is 0 Å². The molecule has 0 saturated heterocycles. The molecule has 1 aliphatic rings. The number of likely N-dealkylation sites (N-methyl/N-ethyl adjacent to an activating group) is 1. The number of carbonyl (C=O) groups is 3. The highest BCUT2D eigenvalue weighted by atomic mass is 16.5. The third kappa shape index (κ3) is 3.16. The van der Waals surface area contributed by atoms with Crippen LogP contribution in [0.25, 0.3) is 0 Å². The predicted octanol–water partition coefficient (Wildman–Crippen LogP) is 2.50. The number of fused-ring (bicyclic) bond motifs is 1. The Morgan fingerprint density at radius 3 is 2.55 bits per heavy atom. The van der Waals surface area contributed by atoms with Gasteiger partial charge in [0.25, 0.3) is 5.91 Å². The Kier molecular flexibility index (Phi) is 5.45. The predicted molar refractivity (Wildman–Crippen MR) is 108 cm³/mol. The van der Waals surface area contributed by atoms with Crippen LogP contribution in [0.5, 0.6) is 0 Å². The van der Waals surface area contributed by atoms with E-state index in [0.717, 1.165) is 5.56 Å². The number of methoxy groups -OCH3 is 1. The van der Waals surface area contributed by atoms with Crippen LogP contribution >= 0.6 is 0 Å². The second-order valence-corrected chi connectivity index (χ2v) is 6.62. The van der Waals surface area contributed by atoms with E-state index in [4.69, 9.17) is 4.74 Å². The van der Waals surface area contributed by atoms with Gasteiger partial charge < -0.3 is 14.4 Å². The molecule has 0 aromatic heterocycles. The van der Waals surface area contributed by atoms with E-state index >= 15 is 0 Å². The molecular weight excluding hydrogens is 374 g/mol. The lowest BCUT2D eigenvalue weighted by Gasteiger charge is -2.27. The highest BCUT2D eigenvalue weighted by molar-refractivity contribution is 6.23. The Labute approximate surface area is 168 Å². The minimum atomic E-state index is -1.58. The number of nitrogens with zero attached hydrogens (tertiary/aromatic N) is 1. The van der Waals surface area contributed by atoms with Gasteiger partial charge in [0.2, 0.25) is 0 Å². The van der Waals surface area contributed by atoms with Gasteiger partial charge in [0.05, 0.1) is 19.4 Å². The average molecular weight is 397 g/mol. The first-order valence-corrected chi connectivity index (χ1v) is 9.13. The van der Waals surface area contributed by atoms with Gasteiger partial charge in [-0.25, -0.2) is 10.2 Å². The second kappa shape index (κ2) is 7.83. The molecule has 0 saturated carbocycles. The molecule has 3 rings (SSSR count). The molecule has 1 atom stereocenters. The number of aryl methyl sites for hydroxylation is 1. The van der Waals surface area contributed by atoms with Gasteiger partial charge in [-0.05, 0) is 37.1 Å². The van der Waals surface area contributed by atoms with E-state index in [1.165, 1.54) is 12.0 Å². The van der Waals surface area contributed by atoms with Crippen molar-refractivity contribution in [2.24, 2.45) is 0 Å². The molecule has 152 valence electrons. The number of nitrogens with one attached hydrogen (secondary N) is 2. The van der Waals surface area contributed by atoms with Crippen LogP contribution in [0, 0.1) is 6.92 Å². The van der Waals surface area contributed by atoms with Crippen LogP contribution in [0.1, 0.15) is 23.6 Å². The van der Waals surface area contributed by atoms with Crippen molar-refractivity contribution in [3.05, 3.63) is 59.2 Å². The van der Waals surface area contributed by atoms with Crippen LogP contribution in [0.4, 0.5) is 16.2 Å². The van der Waals surface area contributed by atoms with Crippen LogP contribution in [-0.4, -0.2) is 38.7 Å². The summed E-state index contributed by atoms with van der Waals surface area (Å²) in [7, 11) is 2.90. The number of esters is 1. The summed E-state index contributed by atoms with van der Waals surface area (Å²) in [5, 5.41) is 0. The van der Waals surface area contributed by atoms with Crippen molar-refractivity contribution in [3.8, 4) is 0 Å². The summed E-state index contributed by atoms with van der Waals surface area (Å²) >= 11 is 0. The molecule has 0 fully saturated rings. The monoisotopic (exact) mass is 397 g/mol. The lowest BCUT2D eigenvalue weighted by Crippen LogP contribution is -2.47. The van der Waals surface area contributed by atoms with Crippen LogP contribution < -0.4 is 15.8 Å². The minimum absolute atomic E-state index is 0.154. The van der Waals surface area contributed by atoms with Crippen molar-refractivity contribution in [2.75, 3.05) is 31.1 Å². The summed E-state index contributed by atoms with van der Waals surface area (Å²) in [4.78, 5) is 39.3. The number of hydrogen-bond acceptors (Lipinski definition) is 6. The SMILES string of the molecule is CCOC(=O)[C@@]1(c2ccc(NNC(=O)OC)c(C)c2)C(=O)N(C)c2ccccc21. The largest absolute Gasteiger partial charge is 0.465 e. The number of ether oxygens (including phenoxy) is 2. The van der Waals surface area contributed by atoms with Crippen LogP contribution in [-0.2, 0) is 24.5 Å². The summed E-state index contributed by atoms with van der Waals surface area (Å²) in [5.74, 6) is -0.987. The summed E-state index contributed by atoms with van der Waals surface area (Å²) < 4.78 is 9.88. The smallest absolute Gasteiger partial charge is 0.425 e. The lowest BCUT2D eigenvalue weighted by molar-refractivity contribution is -0.151. The first kappa shape index (κ1) is 20.2. The summed E-state index contributed by atoms with van der Waals surface area (Å²) in [5.41, 5.74) is 6.63. The van der Waals surface area contributed by atoms with E-state index in [9.17, 15) is 14.4 Å². The fourth-order valence-electron chi connectivity index (χ4n) is 3.60. The molecule has 29 heavy (non-hydrogen) atoms. The maximum Gasteiger partial charge on any atom is 0.425 e. The van der Waals surface area contributed by atoms with E-state index in [-0.39, 0.29) is 12.5 Å². The highest BCUT2D eigenvalue weighted by Gasteiger charge is 2.58. The Hall–Kier alpha value is -3.55. The van der Waals surface area contributed by atoms with Crippen molar-refractivity contribution < 1.29 is 23.9 Å². The van der Waals surface area contributed by atoms with E-state index in [1.807, 2.05) is 6.07 Å². The molecule has 0 unspecified atom stereocenters. The molecular formula is C21H23N3O5. The van der Waals surface area contributed by atoms with Gasteiger partial charge >= 0.3 is 12.1 Å². The molecule has 8 nitrogen and oxygen atoms in total. The number of anilines is 2. The fourth-order valence-corrected chi connectivity index (χ4v) is 3.60. The van der Waals surface area contributed by atoms with Crippen molar-refractivity contribution in [3.63, 3.8) is 0 Å². The first-order valence-electron chi connectivity index (χ1n) is 9.13. The third-order valence-electron chi connectivity index (χ3n) is 5.02. The molecule has 2 amide bonds. The normalized spacial score (nSPS) is 17.5. The Bertz CT molecular complexity index is 975. The summed E-state index contributed by atoms with van der Waals surface area (Å²) in [6.45, 7) is 3.66. The number of para-hydroxylation sites is 1. The molecule has 0 aliphatic carbocycles. The number of rotatable bonds is 5. The zero-order valence-electron chi connectivity index (χ0n) is 16.7. The maximum atomic E-state index is 13.4. The second-order valence-electron chi connectivity index (χ2n) is 6.62. The van der Waals surface area contributed by atoms with Gasteiger partial charge in [0.1, 0.15) is 0 Å². The van der Waals surface area contributed by atoms with Gasteiger partial charge in [-0.1, -0.05) is 30.3 Å². The van der Waals surface area contributed by atoms with Gasteiger partial charge in [0.15, 0.2) is 5.41 Å². The van der Waals surface area contributed by atoms with Crippen molar-refractivity contribution in [1.29, 1.82) is 0 Å². The van der Waals surface area contributed by atoms with Gasteiger partial charge in [0, 0.05) is 18.3 Å². The first-order chi connectivity index (χ1) is 13.9. The Morgan fingerprint density at radius 1 is 1.17 bits per heavy atom. The topological polar surface area (TPSA) is 97.0 Å². The van der Waals surface area contributed by atoms with E-state index < -0.39 is 17.5 Å². The molecule has 2 aromatic rings. The molecule has 8 heteroatoms. The lowest BCUT2D eigenvalue weighted by atomic mass is 9.74. The van der Waals surface area contributed by atoms with Crippen molar-refractivity contribution in [2.45, 2.75) is 19.3 Å². The third-order valence-corrected chi connectivity index (χ3v) is 5.02. The minimum Gasteiger partial charge on any atom is -0.465 e. The average Bonchev–Trinajstić information content (AvgIpc) is 2.95. The molecule has 1 heterocycles. The number of carbonyl (C=O) groups excluding carboxylic acids is 3. The molecule has 2 aromatic carbocycles. The molecule has 2 N–H and O–H groups in total. The van der Waals surface area contributed by atoms with Crippen molar-refractivity contribution in [1.82, 2.24) is 5.43 Å². The number of hydrogen-bond donors (Lipinski definition) is 2. The molecule has 0 bridgehead atoms. The van der Waals surface area contributed by atoms with Crippen LogP contribution in [0.15, 0.2) is 42.5 Å². The Balaban J connectivity index is 2.13. The number of hydrazine groups is 1. The molecule has 0 radical (unpaired) electrons. The summed E-state index contributed by atoms with van der Waals surface area (Å²) in [6.07, 6.45) is -0.641. The number of amides is 2. The van der Waals surface area contributed by atoms with Crippen LogP contribution in [0.3, 0.4) is 0 Å². The standard InChI is InChI=1S/C21H23N3O5/c1-5-29-19(26)21(15-8-6-7-9-17(15)24(3)18(21)25)14-10-11-16(13(2)12-14)22-23-20(27)28-4/h6-12,22H,5H2,1-4H3,(H,23,27)/t21-/m1/s1. The quantitative estimate of drug-likeness (QED) is 0.457. The van der Waals surface area contributed by atoms with E-state index in [2.05, 4.69) is 15.6 Å². The number of benzene rings is 2. The Morgan fingerprint density at radius 2 is 1.90 bits per heavy atom. The van der Waals surface area contributed by atoms with Gasteiger partial charge in [-0.2, -0.15) is 0 Å². The highest BCUT2D eigenvalue weighted by Crippen LogP contribution is 2.47. The van der Waals surface area contributed by atoms with E-state index in [0.29, 0.717) is 22.5 Å². The van der Waals surface area contributed by atoms with Gasteiger partial charge in [-0.3, -0.25) is 15.0 Å². The van der Waals surface area contributed by atoms with Gasteiger partial charge in [-0.15, -0.1) is 0 Å². The summed E-state index contributed by atoms with van der Waals surface area (Å²) in [6, 6.07) is 12.3. The molecule has 0 spiro atoms. The van der Waals surface area contributed by atoms with Crippen molar-refractivity contribution >= 4 is 29.3 Å². The van der Waals surface area contributed by atoms with E-state index in [1.54, 1.807) is 57.3 Å². The zero-order valence-corrected chi connectivity index (χ0v) is 16.7. The zero-order chi connectivity index (χ0) is 21.2. The molecule has 1 aliphatic heterocycles.